The highest BCUT2D eigenvalue weighted by Gasteiger charge is 2.28. The van der Waals surface area contributed by atoms with E-state index >= 15 is 0 Å². The molecule has 102 valence electrons. The molecule has 2 fully saturated rings. The van der Waals surface area contributed by atoms with Crippen molar-refractivity contribution in [3.8, 4) is 0 Å². The first-order valence-electron chi connectivity index (χ1n) is 7.17. The van der Waals surface area contributed by atoms with Crippen LogP contribution in [0.5, 0.6) is 0 Å². The topological polar surface area (TPSA) is 34.3 Å². The number of ether oxygens (including phenoxy) is 3. The van der Waals surface area contributed by atoms with Crippen LogP contribution in [-0.4, -0.2) is 38.6 Å². The van der Waals surface area contributed by atoms with Crippen molar-refractivity contribution >= 4 is 0 Å². The molecule has 2 saturated heterocycles. The van der Waals surface area contributed by atoms with Crippen molar-refractivity contribution in [1.29, 1.82) is 0 Å². The number of rotatable bonds is 9. The lowest BCUT2D eigenvalue weighted by atomic mass is 10.2. The second kappa shape index (κ2) is 9.86. The summed E-state index contributed by atoms with van der Waals surface area (Å²) in [6.07, 6.45) is 8.53. The molecule has 2 rings (SSSR count). The van der Waals surface area contributed by atoms with Gasteiger partial charge in [-0.1, -0.05) is 26.7 Å². The second-order valence-electron chi connectivity index (χ2n) is 4.81. The maximum Gasteiger partial charge on any atom is 0.0810 e. The number of hydrogen-bond acceptors (Lipinski definition) is 3. The molecule has 2 aliphatic rings. The quantitative estimate of drug-likeness (QED) is 0.461. The van der Waals surface area contributed by atoms with E-state index in [1.54, 1.807) is 0 Å². The molecule has 0 saturated carbocycles. The summed E-state index contributed by atoms with van der Waals surface area (Å²) in [6, 6.07) is 0. The summed E-state index contributed by atoms with van der Waals surface area (Å²) in [5.74, 6) is 0. The van der Waals surface area contributed by atoms with Gasteiger partial charge in [0.25, 0.3) is 0 Å². The van der Waals surface area contributed by atoms with Crippen molar-refractivity contribution in [1.82, 2.24) is 0 Å². The first-order valence-corrected chi connectivity index (χ1v) is 7.17. The Kier molecular flexibility index (Phi) is 8.67. The van der Waals surface area contributed by atoms with Crippen LogP contribution in [0, 0.1) is 0 Å². The molecule has 2 heterocycles. The molecular weight excluding hydrogens is 216 g/mol. The van der Waals surface area contributed by atoms with Gasteiger partial charge in [-0.05, 0) is 25.7 Å². The van der Waals surface area contributed by atoms with Crippen molar-refractivity contribution in [2.24, 2.45) is 0 Å². The zero-order chi connectivity index (χ0) is 12.3. The van der Waals surface area contributed by atoms with E-state index in [0.717, 1.165) is 26.4 Å². The van der Waals surface area contributed by atoms with Crippen LogP contribution < -0.4 is 0 Å². The Bertz CT molecular complexity index is 147. The predicted octanol–water partition coefficient (Wildman–Crippen LogP) is 3.17. The van der Waals surface area contributed by atoms with Crippen LogP contribution in [-0.2, 0) is 14.2 Å². The second-order valence-corrected chi connectivity index (χ2v) is 4.81. The smallest absolute Gasteiger partial charge is 0.0810 e. The molecule has 2 aliphatic heterocycles. The van der Waals surface area contributed by atoms with Gasteiger partial charge in [0.15, 0.2) is 0 Å². The zero-order valence-electron chi connectivity index (χ0n) is 11.5. The third kappa shape index (κ3) is 10.7. The average molecular weight is 244 g/mol. The fourth-order valence-corrected chi connectivity index (χ4v) is 1.44. The van der Waals surface area contributed by atoms with Crippen LogP contribution >= 0.6 is 0 Å². The third-order valence-electron chi connectivity index (χ3n) is 2.90. The Hall–Kier alpha value is -0.120. The molecular formula is C14H28O3. The number of hydrogen-bond donors (Lipinski definition) is 0. The van der Waals surface area contributed by atoms with Crippen LogP contribution in [0.15, 0.2) is 0 Å². The maximum atomic E-state index is 5.31. The van der Waals surface area contributed by atoms with E-state index in [2.05, 4.69) is 13.8 Å². The first kappa shape index (κ1) is 14.9. The molecule has 0 spiro atoms. The summed E-state index contributed by atoms with van der Waals surface area (Å²) < 4.78 is 15.4. The van der Waals surface area contributed by atoms with Gasteiger partial charge in [0.1, 0.15) is 0 Å². The Morgan fingerprint density at radius 2 is 1.29 bits per heavy atom. The summed E-state index contributed by atoms with van der Waals surface area (Å²) in [7, 11) is 0. The van der Waals surface area contributed by atoms with Gasteiger partial charge >= 0.3 is 0 Å². The minimum Gasteiger partial charge on any atom is -0.381 e. The van der Waals surface area contributed by atoms with E-state index in [0.29, 0.717) is 12.2 Å². The van der Waals surface area contributed by atoms with Gasteiger partial charge in [0.2, 0.25) is 0 Å². The van der Waals surface area contributed by atoms with E-state index in [1.807, 2.05) is 0 Å². The van der Waals surface area contributed by atoms with Gasteiger partial charge in [0, 0.05) is 13.2 Å². The maximum absolute atomic E-state index is 5.31. The molecule has 0 aromatic heterocycles. The predicted molar refractivity (Wildman–Crippen MR) is 69.3 cm³/mol. The van der Waals surface area contributed by atoms with E-state index in [-0.39, 0.29) is 0 Å². The van der Waals surface area contributed by atoms with Crippen molar-refractivity contribution in [2.45, 2.75) is 64.6 Å². The SMILES string of the molecule is C(CC1CO1)C1CO1.CCCCOCCCC. The molecule has 3 heteroatoms. The summed E-state index contributed by atoms with van der Waals surface area (Å²) in [6.45, 7) is 8.26. The van der Waals surface area contributed by atoms with E-state index in [1.165, 1.54) is 38.5 Å². The average Bonchev–Trinajstić information content (AvgIpc) is 3.19. The lowest BCUT2D eigenvalue weighted by Gasteiger charge is -1.99. The normalized spacial score (nSPS) is 25.1. The largest absolute Gasteiger partial charge is 0.381 e. The minimum atomic E-state index is 0.596. The molecule has 17 heavy (non-hydrogen) atoms. The molecule has 0 bridgehead atoms. The van der Waals surface area contributed by atoms with Crippen LogP contribution in [0.25, 0.3) is 0 Å². The van der Waals surface area contributed by atoms with Gasteiger partial charge in [-0.2, -0.15) is 0 Å². The summed E-state index contributed by atoms with van der Waals surface area (Å²) >= 11 is 0. The number of unbranched alkanes of at least 4 members (excludes halogenated alkanes) is 2. The van der Waals surface area contributed by atoms with Crippen molar-refractivity contribution in [3.63, 3.8) is 0 Å². The van der Waals surface area contributed by atoms with Crippen LogP contribution in [0.1, 0.15) is 52.4 Å². The summed E-state index contributed by atoms with van der Waals surface area (Å²) in [4.78, 5) is 0. The van der Waals surface area contributed by atoms with Crippen LogP contribution in [0.3, 0.4) is 0 Å². The molecule has 2 atom stereocenters. The molecule has 0 aromatic carbocycles. The highest BCUT2D eigenvalue weighted by molar-refractivity contribution is 4.75. The first-order chi connectivity index (χ1) is 8.36. The fourth-order valence-electron chi connectivity index (χ4n) is 1.44. The van der Waals surface area contributed by atoms with E-state index < -0.39 is 0 Å². The van der Waals surface area contributed by atoms with Crippen LogP contribution in [0.2, 0.25) is 0 Å². The third-order valence-corrected chi connectivity index (χ3v) is 2.90. The Morgan fingerprint density at radius 1 is 0.882 bits per heavy atom. The Balaban J connectivity index is 0.000000170. The van der Waals surface area contributed by atoms with Gasteiger partial charge in [-0.25, -0.2) is 0 Å². The van der Waals surface area contributed by atoms with Crippen molar-refractivity contribution in [2.75, 3.05) is 26.4 Å². The van der Waals surface area contributed by atoms with Crippen LogP contribution in [0.4, 0.5) is 0 Å². The minimum absolute atomic E-state index is 0.596. The molecule has 0 aromatic rings. The zero-order valence-corrected chi connectivity index (χ0v) is 11.5. The summed E-state index contributed by atoms with van der Waals surface area (Å²) in [5, 5.41) is 0. The standard InChI is InChI=1S/C8H18O.C6H10O2/c1-3-5-7-9-8-6-4-2;1(5-3-7-5)2-6-4-8-6/h3-8H2,1-2H3;5-6H,1-4H2. The van der Waals surface area contributed by atoms with Gasteiger partial charge in [-0.15, -0.1) is 0 Å². The van der Waals surface area contributed by atoms with Gasteiger partial charge in [-0.3, -0.25) is 0 Å². The lowest BCUT2D eigenvalue weighted by Crippen LogP contribution is -1.95. The molecule has 0 amide bonds. The van der Waals surface area contributed by atoms with Gasteiger partial charge < -0.3 is 14.2 Å². The fraction of sp³-hybridized carbons (Fsp3) is 1.00. The molecule has 0 radical (unpaired) electrons. The molecule has 0 aliphatic carbocycles. The Labute approximate surface area is 106 Å². The molecule has 3 nitrogen and oxygen atoms in total. The van der Waals surface area contributed by atoms with Crippen molar-refractivity contribution in [3.05, 3.63) is 0 Å². The molecule has 0 N–H and O–H groups in total. The van der Waals surface area contributed by atoms with E-state index in [9.17, 15) is 0 Å². The Morgan fingerprint density at radius 3 is 1.59 bits per heavy atom. The highest BCUT2D eigenvalue weighted by Crippen LogP contribution is 2.22. The monoisotopic (exact) mass is 244 g/mol. The highest BCUT2D eigenvalue weighted by atomic mass is 16.6. The lowest BCUT2D eigenvalue weighted by molar-refractivity contribution is 0.128. The van der Waals surface area contributed by atoms with Gasteiger partial charge in [0.05, 0.1) is 25.4 Å². The number of epoxide rings is 2. The van der Waals surface area contributed by atoms with E-state index in [4.69, 9.17) is 14.2 Å². The van der Waals surface area contributed by atoms with Crippen molar-refractivity contribution < 1.29 is 14.2 Å². The summed E-state index contributed by atoms with van der Waals surface area (Å²) in [5.41, 5.74) is 0. The molecule has 2 unspecified atom stereocenters.